The van der Waals surface area contributed by atoms with Crippen LogP contribution in [0, 0.1) is 6.92 Å². The Labute approximate surface area is 111 Å². The van der Waals surface area contributed by atoms with Crippen molar-refractivity contribution < 1.29 is 8.42 Å². The second kappa shape index (κ2) is 5.07. The average molecular weight is 282 g/mol. The Morgan fingerprint density at radius 3 is 2.78 bits per heavy atom. The number of hydrogen-bond donors (Lipinski definition) is 1. The lowest BCUT2D eigenvalue weighted by Crippen LogP contribution is -2.01. The van der Waals surface area contributed by atoms with E-state index in [2.05, 4.69) is 10.3 Å². The molecule has 0 saturated carbocycles. The number of nitrogens with zero attached hydrogens (tertiary/aromatic N) is 1. The van der Waals surface area contributed by atoms with Crippen LogP contribution in [-0.4, -0.2) is 19.7 Å². The first kappa shape index (κ1) is 13.0. The summed E-state index contributed by atoms with van der Waals surface area (Å²) in [5.74, 6) is 0. The van der Waals surface area contributed by atoms with E-state index in [1.807, 2.05) is 18.4 Å². The van der Waals surface area contributed by atoms with Gasteiger partial charge in [0.25, 0.3) is 0 Å². The van der Waals surface area contributed by atoms with Crippen LogP contribution < -0.4 is 5.32 Å². The summed E-state index contributed by atoms with van der Waals surface area (Å²) >= 11 is 1.59. The third kappa shape index (κ3) is 3.30. The highest BCUT2D eigenvalue weighted by Gasteiger charge is 2.07. The van der Waals surface area contributed by atoms with Crippen molar-refractivity contribution >= 4 is 26.9 Å². The molecule has 4 nitrogen and oxygen atoms in total. The van der Waals surface area contributed by atoms with Crippen LogP contribution >= 0.6 is 11.3 Å². The van der Waals surface area contributed by atoms with Crippen LogP contribution in [0.4, 0.5) is 5.69 Å². The Morgan fingerprint density at radius 1 is 1.39 bits per heavy atom. The number of nitrogens with one attached hydrogen (secondary N) is 1. The third-order valence-corrected chi connectivity index (χ3v) is 4.45. The molecule has 0 aliphatic heterocycles. The topological polar surface area (TPSA) is 59.1 Å². The molecule has 0 aliphatic carbocycles. The molecular formula is C12H14N2O2S2. The van der Waals surface area contributed by atoms with Crippen molar-refractivity contribution in [2.75, 3.05) is 11.6 Å². The van der Waals surface area contributed by atoms with E-state index < -0.39 is 9.84 Å². The summed E-state index contributed by atoms with van der Waals surface area (Å²) < 4.78 is 22.8. The van der Waals surface area contributed by atoms with Crippen LogP contribution in [0.3, 0.4) is 0 Å². The fourth-order valence-corrected chi connectivity index (χ4v) is 2.88. The first-order valence-electron chi connectivity index (χ1n) is 5.40. The maximum atomic E-state index is 11.4. The van der Waals surface area contributed by atoms with Crippen LogP contribution in [0.2, 0.25) is 0 Å². The van der Waals surface area contributed by atoms with Gasteiger partial charge in [0.15, 0.2) is 9.84 Å². The Kier molecular flexibility index (Phi) is 3.68. The minimum absolute atomic E-state index is 0.322. The first-order chi connectivity index (χ1) is 8.45. The van der Waals surface area contributed by atoms with Crippen LogP contribution in [0.5, 0.6) is 0 Å². The highest BCUT2D eigenvalue weighted by molar-refractivity contribution is 7.90. The molecule has 96 valence electrons. The molecule has 0 radical (unpaired) electrons. The van der Waals surface area contributed by atoms with Crippen LogP contribution in [0.1, 0.15) is 10.7 Å². The van der Waals surface area contributed by atoms with Gasteiger partial charge in [-0.3, -0.25) is 0 Å². The predicted molar refractivity (Wildman–Crippen MR) is 73.7 cm³/mol. The number of anilines is 1. The summed E-state index contributed by atoms with van der Waals surface area (Å²) in [7, 11) is -3.16. The molecule has 0 spiro atoms. The smallest absolute Gasteiger partial charge is 0.175 e. The Bertz CT molecular complexity index is 648. The van der Waals surface area contributed by atoms with E-state index in [0.717, 1.165) is 16.4 Å². The number of rotatable bonds is 4. The van der Waals surface area contributed by atoms with Gasteiger partial charge >= 0.3 is 0 Å². The van der Waals surface area contributed by atoms with Gasteiger partial charge in [-0.25, -0.2) is 13.4 Å². The van der Waals surface area contributed by atoms with Crippen molar-refractivity contribution in [2.45, 2.75) is 18.4 Å². The molecule has 0 unspecified atom stereocenters. The zero-order valence-corrected chi connectivity index (χ0v) is 11.8. The quantitative estimate of drug-likeness (QED) is 0.936. The molecule has 18 heavy (non-hydrogen) atoms. The summed E-state index contributed by atoms with van der Waals surface area (Å²) in [4.78, 5) is 4.66. The third-order valence-electron chi connectivity index (χ3n) is 2.37. The van der Waals surface area contributed by atoms with Crippen LogP contribution in [-0.2, 0) is 16.4 Å². The largest absolute Gasteiger partial charge is 0.378 e. The van der Waals surface area contributed by atoms with E-state index in [1.54, 1.807) is 29.5 Å². The number of thiazole rings is 1. The van der Waals surface area contributed by atoms with Crippen molar-refractivity contribution in [3.05, 3.63) is 40.3 Å². The molecule has 1 N–H and O–H groups in total. The summed E-state index contributed by atoms with van der Waals surface area (Å²) in [6.45, 7) is 2.55. The molecule has 0 bridgehead atoms. The van der Waals surface area contributed by atoms with Gasteiger partial charge in [-0.05, 0) is 25.1 Å². The van der Waals surface area contributed by atoms with Gasteiger partial charge in [0.05, 0.1) is 11.4 Å². The zero-order valence-electron chi connectivity index (χ0n) is 10.2. The second-order valence-electron chi connectivity index (χ2n) is 4.04. The van der Waals surface area contributed by atoms with Gasteiger partial charge in [-0.1, -0.05) is 6.07 Å². The first-order valence-corrected chi connectivity index (χ1v) is 8.17. The van der Waals surface area contributed by atoms with Crippen LogP contribution in [0.25, 0.3) is 0 Å². The van der Waals surface area contributed by atoms with Gasteiger partial charge in [0.1, 0.15) is 5.01 Å². The molecule has 0 amide bonds. The molecule has 2 rings (SSSR count). The van der Waals surface area contributed by atoms with Gasteiger partial charge in [0.2, 0.25) is 0 Å². The Morgan fingerprint density at radius 2 is 2.17 bits per heavy atom. The minimum atomic E-state index is -3.16. The van der Waals surface area contributed by atoms with Gasteiger partial charge in [-0.15, -0.1) is 11.3 Å². The number of hydrogen-bond acceptors (Lipinski definition) is 5. The van der Waals surface area contributed by atoms with Gasteiger partial charge in [0, 0.05) is 23.0 Å². The highest BCUT2D eigenvalue weighted by Crippen LogP contribution is 2.17. The lowest BCUT2D eigenvalue weighted by atomic mass is 10.3. The average Bonchev–Trinajstić information content (AvgIpc) is 2.72. The molecule has 1 aromatic heterocycles. The minimum Gasteiger partial charge on any atom is -0.378 e. The van der Waals surface area contributed by atoms with Crippen molar-refractivity contribution in [2.24, 2.45) is 0 Å². The van der Waals surface area contributed by atoms with E-state index in [4.69, 9.17) is 0 Å². The summed E-state index contributed by atoms with van der Waals surface area (Å²) in [6.07, 6.45) is 1.20. The molecule has 0 atom stereocenters. The highest BCUT2D eigenvalue weighted by atomic mass is 32.2. The normalized spacial score (nSPS) is 11.4. The fraction of sp³-hybridized carbons (Fsp3) is 0.250. The van der Waals surface area contributed by atoms with Crippen molar-refractivity contribution in [3.63, 3.8) is 0 Å². The van der Waals surface area contributed by atoms with Gasteiger partial charge < -0.3 is 5.32 Å². The Balaban J connectivity index is 2.11. The van der Waals surface area contributed by atoms with E-state index in [1.165, 1.54) is 6.26 Å². The standard InChI is InChI=1S/C12H14N2O2S2/c1-9-8-17-12(14-9)7-13-10-4-3-5-11(6-10)18(2,15)16/h3-6,8,13H,7H2,1-2H3. The van der Waals surface area contributed by atoms with Crippen molar-refractivity contribution in [1.29, 1.82) is 0 Å². The lowest BCUT2D eigenvalue weighted by Gasteiger charge is -2.06. The van der Waals surface area contributed by atoms with E-state index in [-0.39, 0.29) is 0 Å². The molecule has 1 heterocycles. The molecule has 6 heteroatoms. The number of aromatic nitrogens is 1. The zero-order chi connectivity index (χ0) is 13.2. The molecule has 0 aliphatic rings. The maximum Gasteiger partial charge on any atom is 0.175 e. The monoisotopic (exact) mass is 282 g/mol. The van der Waals surface area contributed by atoms with Crippen molar-refractivity contribution in [3.8, 4) is 0 Å². The van der Waals surface area contributed by atoms with Crippen molar-refractivity contribution in [1.82, 2.24) is 4.98 Å². The molecule has 2 aromatic rings. The predicted octanol–water partition coefficient (Wildman–Crippen LogP) is 2.47. The lowest BCUT2D eigenvalue weighted by molar-refractivity contribution is 0.602. The van der Waals surface area contributed by atoms with E-state index >= 15 is 0 Å². The summed E-state index contributed by atoms with van der Waals surface area (Å²) in [5.41, 5.74) is 1.78. The molecule has 0 fully saturated rings. The van der Waals surface area contributed by atoms with Crippen LogP contribution in [0.15, 0.2) is 34.5 Å². The number of sulfone groups is 1. The number of aryl methyl sites for hydroxylation is 1. The maximum absolute atomic E-state index is 11.4. The molecule has 1 aromatic carbocycles. The molecule has 0 saturated heterocycles. The molecular weight excluding hydrogens is 268 g/mol. The number of benzene rings is 1. The van der Waals surface area contributed by atoms with E-state index in [0.29, 0.717) is 11.4 Å². The summed E-state index contributed by atoms with van der Waals surface area (Å²) in [5, 5.41) is 6.14. The summed E-state index contributed by atoms with van der Waals surface area (Å²) in [6, 6.07) is 6.80. The second-order valence-corrected chi connectivity index (χ2v) is 6.99. The van der Waals surface area contributed by atoms with E-state index in [9.17, 15) is 8.42 Å². The van der Waals surface area contributed by atoms with Gasteiger partial charge in [-0.2, -0.15) is 0 Å². The fourth-order valence-electron chi connectivity index (χ4n) is 1.50. The SMILES string of the molecule is Cc1csc(CNc2cccc(S(C)(=O)=O)c2)n1. The Hall–Kier alpha value is -1.40.